The number of nitrogens with one attached hydrogen (secondary N) is 1. The summed E-state index contributed by atoms with van der Waals surface area (Å²) >= 11 is 0. The van der Waals surface area contributed by atoms with E-state index in [9.17, 15) is 0 Å². The van der Waals surface area contributed by atoms with Crippen LogP contribution in [0.2, 0.25) is 0 Å². The number of likely N-dealkylation sites (N-methyl/N-ethyl adjacent to an activating group) is 1. The Morgan fingerprint density at radius 2 is 1.96 bits per heavy atom. The van der Waals surface area contributed by atoms with Crippen LogP contribution < -0.4 is 10.2 Å². The Morgan fingerprint density at radius 3 is 2.64 bits per heavy atom. The van der Waals surface area contributed by atoms with E-state index in [1.165, 1.54) is 0 Å². The minimum absolute atomic E-state index is 0.125. The molecule has 0 radical (unpaired) electrons. The highest BCUT2D eigenvalue weighted by Crippen LogP contribution is 2.22. The van der Waals surface area contributed by atoms with Crippen LogP contribution in [0, 0.1) is 0 Å². The van der Waals surface area contributed by atoms with Crippen molar-refractivity contribution in [3.05, 3.63) is 60.4 Å². The third-order valence-electron chi connectivity index (χ3n) is 4.04. The number of aryl methyl sites for hydroxylation is 1. The molecule has 0 atom stereocenters. The van der Waals surface area contributed by atoms with E-state index in [1.807, 2.05) is 60.2 Å². The van der Waals surface area contributed by atoms with Crippen molar-refractivity contribution in [1.82, 2.24) is 14.8 Å². The molecule has 0 unspecified atom stereocenters. The number of aromatic nitrogens is 3. The number of aliphatic hydroxyl groups excluding tert-OH is 1. The van der Waals surface area contributed by atoms with Crippen molar-refractivity contribution in [2.75, 3.05) is 30.4 Å². The van der Waals surface area contributed by atoms with Gasteiger partial charge in [-0.15, -0.1) is 0 Å². The molecule has 0 aliphatic carbocycles. The molecule has 0 aliphatic rings. The predicted molar refractivity (Wildman–Crippen MR) is 101 cm³/mol. The van der Waals surface area contributed by atoms with Crippen LogP contribution in [0.15, 0.2) is 54.9 Å². The summed E-state index contributed by atoms with van der Waals surface area (Å²) in [5.41, 5.74) is 4.19. The summed E-state index contributed by atoms with van der Waals surface area (Å²) < 4.78 is 1.83. The second-order valence-corrected chi connectivity index (χ2v) is 5.94. The van der Waals surface area contributed by atoms with E-state index >= 15 is 0 Å². The first-order chi connectivity index (χ1) is 12.2. The van der Waals surface area contributed by atoms with Crippen molar-refractivity contribution in [3.63, 3.8) is 0 Å². The Bertz CT molecular complexity index is 798. The molecule has 130 valence electrons. The second kappa shape index (κ2) is 7.81. The van der Waals surface area contributed by atoms with Gasteiger partial charge in [-0.2, -0.15) is 5.10 Å². The van der Waals surface area contributed by atoms with Gasteiger partial charge < -0.3 is 15.3 Å². The summed E-state index contributed by atoms with van der Waals surface area (Å²) in [7, 11) is 3.86. The van der Waals surface area contributed by atoms with Crippen molar-refractivity contribution in [3.8, 4) is 11.3 Å². The SMILES string of the molecule is CN(CCO)c1ccc(NCc2cn(C)nc2-c2ccccc2)nc1. The number of anilines is 2. The van der Waals surface area contributed by atoms with Crippen LogP contribution in [0.25, 0.3) is 11.3 Å². The average molecular weight is 337 g/mol. The van der Waals surface area contributed by atoms with E-state index in [0.717, 1.165) is 28.3 Å². The van der Waals surface area contributed by atoms with E-state index in [1.54, 1.807) is 6.20 Å². The minimum atomic E-state index is 0.125. The number of aliphatic hydroxyl groups is 1. The lowest BCUT2D eigenvalue weighted by Crippen LogP contribution is -2.21. The number of rotatable bonds is 7. The smallest absolute Gasteiger partial charge is 0.126 e. The molecule has 0 spiro atoms. The highest BCUT2D eigenvalue weighted by Gasteiger charge is 2.10. The van der Waals surface area contributed by atoms with Gasteiger partial charge in [-0.05, 0) is 12.1 Å². The Hall–Kier alpha value is -2.86. The van der Waals surface area contributed by atoms with Gasteiger partial charge in [-0.1, -0.05) is 30.3 Å². The maximum Gasteiger partial charge on any atom is 0.126 e. The summed E-state index contributed by atoms with van der Waals surface area (Å²) in [5.74, 6) is 0.809. The maximum absolute atomic E-state index is 9.00. The van der Waals surface area contributed by atoms with Crippen LogP contribution in [0.1, 0.15) is 5.56 Å². The van der Waals surface area contributed by atoms with E-state index < -0.39 is 0 Å². The largest absolute Gasteiger partial charge is 0.395 e. The number of benzene rings is 1. The zero-order valence-corrected chi connectivity index (χ0v) is 14.6. The molecule has 2 heterocycles. The first kappa shape index (κ1) is 17.0. The molecular weight excluding hydrogens is 314 g/mol. The molecule has 0 saturated heterocycles. The molecule has 25 heavy (non-hydrogen) atoms. The summed E-state index contributed by atoms with van der Waals surface area (Å²) in [6.45, 7) is 1.36. The van der Waals surface area contributed by atoms with Gasteiger partial charge in [0, 0.05) is 44.5 Å². The first-order valence-corrected chi connectivity index (χ1v) is 8.27. The summed E-state index contributed by atoms with van der Waals surface area (Å²) in [4.78, 5) is 6.41. The molecule has 0 saturated carbocycles. The van der Waals surface area contributed by atoms with Gasteiger partial charge in [-0.3, -0.25) is 4.68 Å². The third-order valence-corrected chi connectivity index (χ3v) is 4.04. The van der Waals surface area contributed by atoms with Gasteiger partial charge in [0.1, 0.15) is 5.82 Å². The maximum atomic E-state index is 9.00. The fraction of sp³-hybridized carbons (Fsp3) is 0.263. The Kier molecular flexibility index (Phi) is 5.30. The van der Waals surface area contributed by atoms with Gasteiger partial charge in [-0.25, -0.2) is 4.98 Å². The first-order valence-electron chi connectivity index (χ1n) is 8.27. The average Bonchev–Trinajstić information content (AvgIpc) is 3.02. The standard InChI is InChI=1S/C19H23N5O/c1-23(10-11-25)17-8-9-18(21-13-17)20-12-16-14-24(2)22-19(16)15-6-4-3-5-7-15/h3-9,13-14,25H,10-12H2,1-2H3,(H,20,21). The molecule has 6 heteroatoms. The quantitative estimate of drug-likeness (QED) is 0.693. The topological polar surface area (TPSA) is 66.2 Å². The molecule has 3 aromatic rings. The van der Waals surface area contributed by atoms with Gasteiger partial charge in [0.2, 0.25) is 0 Å². The second-order valence-electron chi connectivity index (χ2n) is 5.94. The van der Waals surface area contributed by atoms with Gasteiger partial charge in [0.25, 0.3) is 0 Å². The zero-order chi connectivity index (χ0) is 17.6. The molecule has 0 aliphatic heterocycles. The fourth-order valence-corrected chi connectivity index (χ4v) is 2.69. The van der Waals surface area contributed by atoms with E-state index in [0.29, 0.717) is 13.1 Å². The summed E-state index contributed by atoms with van der Waals surface area (Å²) in [6, 6.07) is 14.1. The number of hydrogen-bond donors (Lipinski definition) is 2. The Balaban J connectivity index is 1.70. The molecule has 3 rings (SSSR count). The van der Waals surface area contributed by atoms with Crippen molar-refractivity contribution < 1.29 is 5.11 Å². The Morgan fingerprint density at radius 1 is 1.16 bits per heavy atom. The van der Waals surface area contributed by atoms with Crippen LogP contribution in [-0.2, 0) is 13.6 Å². The van der Waals surface area contributed by atoms with Gasteiger partial charge in [0.05, 0.1) is 24.2 Å². The fourth-order valence-electron chi connectivity index (χ4n) is 2.69. The molecule has 0 amide bonds. The molecule has 6 nitrogen and oxygen atoms in total. The minimum Gasteiger partial charge on any atom is -0.395 e. The van der Waals surface area contributed by atoms with Crippen molar-refractivity contribution in [1.29, 1.82) is 0 Å². The molecule has 2 N–H and O–H groups in total. The van der Waals surface area contributed by atoms with Crippen LogP contribution in [0.3, 0.4) is 0 Å². The van der Waals surface area contributed by atoms with E-state index in [2.05, 4.69) is 27.5 Å². The lowest BCUT2D eigenvalue weighted by molar-refractivity contribution is 0.304. The van der Waals surface area contributed by atoms with Crippen LogP contribution in [0.4, 0.5) is 11.5 Å². The summed E-state index contributed by atoms with van der Waals surface area (Å²) in [6.07, 6.45) is 3.83. The van der Waals surface area contributed by atoms with Crippen molar-refractivity contribution in [2.45, 2.75) is 6.54 Å². The van der Waals surface area contributed by atoms with Crippen molar-refractivity contribution >= 4 is 11.5 Å². The molecule has 0 fully saturated rings. The number of pyridine rings is 1. The molecule has 0 bridgehead atoms. The highest BCUT2D eigenvalue weighted by atomic mass is 16.3. The molecular formula is C19H23N5O. The summed E-state index contributed by atoms with van der Waals surface area (Å²) in [5, 5.41) is 16.9. The number of hydrogen-bond acceptors (Lipinski definition) is 5. The predicted octanol–water partition coefficient (Wildman–Crippen LogP) is 2.52. The third kappa shape index (κ3) is 4.16. The monoisotopic (exact) mass is 337 g/mol. The van der Waals surface area contributed by atoms with Crippen LogP contribution in [0.5, 0.6) is 0 Å². The van der Waals surface area contributed by atoms with E-state index in [-0.39, 0.29) is 6.61 Å². The van der Waals surface area contributed by atoms with Crippen LogP contribution in [-0.4, -0.2) is 40.1 Å². The van der Waals surface area contributed by atoms with Gasteiger partial charge >= 0.3 is 0 Å². The zero-order valence-electron chi connectivity index (χ0n) is 14.6. The molecule has 2 aromatic heterocycles. The van der Waals surface area contributed by atoms with Gasteiger partial charge in [0.15, 0.2) is 0 Å². The van der Waals surface area contributed by atoms with E-state index in [4.69, 9.17) is 5.11 Å². The number of nitrogens with zero attached hydrogens (tertiary/aromatic N) is 4. The molecule has 1 aromatic carbocycles. The normalized spacial score (nSPS) is 10.7. The lowest BCUT2D eigenvalue weighted by Gasteiger charge is -2.17. The van der Waals surface area contributed by atoms with Crippen molar-refractivity contribution in [2.24, 2.45) is 7.05 Å². The van der Waals surface area contributed by atoms with Crippen LogP contribution >= 0.6 is 0 Å². The lowest BCUT2D eigenvalue weighted by atomic mass is 10.1. The Labute approximate surface area is 147 Å². The highest BCUT2D eigenvalue weighted by molar-refractivity contribution is 5.63.